The van der Waals surface area contributed by atoms with Crippen LogP contribution in [0.15, 0.2) is 83.8 Å². The lowest BCUT2D eigenvalue weighted by molar-refractivity contribution is 0.587. The molecular weight excluding hydrogens is 534 g/mol. The SMILES string of the molecule is Cc1ccc(C(c2ccc(C)s2)c2c(CBr)n(S(=O)(=O)c3ccccc3)c3ccccc23)s1. The minimum atomic E-state index is -3.78. The van der Waals surface area contributed by atoms with Crippen LogP contribution in [0, 0.1) is 13.8 Å². The minimum Gasteiger partial charge on any atom is -0.237 e. The maximum atomic E-state index is 13.9. The summed E-state index contributed by atoms with van der Waals surface area (Å²) >= 11 is 7.18. The summed E-state index contributed by atoms with van der Waals surface area (Å²) in [5, 5.41) is 1.39. The lowest BCUT2D eigenvalue weighted by Crippen LogP contribution is -2.16. The smallest absolute Gasteiger partial charge is 0.237 e. The largest absolute Gasteiger partial charge is 0.268 e. The number of rotatable bonds is 6. The highest BCUT2D eigenvalue weighted by atomic mass is 79.9. The van der Waals surface area contributed by atoms with Gasteiger partial charge in [-0.25, -0.2) is 12.4 Å². The molecule has 0 N–H and O–H groups in total. The molecule has 0 bridgehead atoms. The number of benzene rings is 2. The minimum absolute atomic E-state index is 0.0351. The van der Waals surface area contributed by atoms with Gasteiger partial charge < -0.3 is 0 Å². The monoisotopic (exact) mass is 555 g/mol. The maximum absolute atomic E-state index is 13.9. The van der Waals surface area contributed by atoms with E-state index in [4.69, 9.17) is 0 Å². The van der Waals surface area contributed by atoms with Crippen molar-refractivity contribution < 1.29 is 8.42 Å². The third-order valence-electron chi connectivity index (χ3n) is 5.76. The molecule has 0 saturated carbocycles. The van der Waals surface area contributed by atoms with Crippen LogP contribution in [-0.2, 0) is 15.4 Å². The van der Waals surface area contributed by atoms with Gasteiger partial charge in [-0.3, -0.25) is 0 Å². The number of fused-ring (bicyclic) bond motifs is 1. The van der Waals surface area contributed by atoms with Gasteiger partial charge >= 0.3 is 0 Å². The summed E-state index contributed by atoms with van der Waals surface area (Å²) in [6.45, 7) is 4.22. The molecule has 0 fully saturated rings. The Bertz CT molecular complexity index is 1500. The van der Waals surface area contributed by atoms with E-state index in [-0.39, 0.29) is 10.8 Å². The molecular formula is C26H22BrNO2S3. The van der Waals surface area contributed by atoms with E-state index in [0.29, 0.717) is 10.8 Å². The van der Waals surface area contributed by atoms with Crippen molar-refractivity contribution in [3.8, 4) is 0 Å². The summed E-state index contributed by atoms with van der Waals surface area (Å²) in [6, 6.07) is 25.1. The fourth-order valence-corrected chi connectivity index (χ4v) is 8.74. The van der Waals surface area contributed by atoms with Gasteiger partial charge in [-0.15, -0.1) is 22.7 Å². The molecule has 0 amide bonds. The zero-order chi connectivity index (χ0) is 23.2. The van der Waals surface area contributed by atoms with Crippen LogP contribution in [0.5, 0.6) is 0 Å². The fourth-order valence-electron chi connectivity index (χ4n) is 4.35. The Balaban J connectivity index is 1.87. The predicted molar refractivity (Wildman–Crippen MR) is 143 cm³/mol. The number of alkyl halides is 1. The van der Waals surface area contributed by atoms with E-state index < -0.39 is 10.0 Å². The summed E-state index contributed by atoms with van der Waals surface area (Å²) in [6.07, 6.45) is 0. The van der Waals surface area contributed by atoms with Crippen molar-refractivity contribution in [1.29, 1.82) is 0 Å². The lowest BCUT2D eigenvalue weighted by atomic mass is 9.93. The number of hydrogen-bond acceptors (Lipinski definition) is 4. The molecule has 3 nitrogen and oxygen atoms in total. The number of nitrogens with zero attached hydrogens (tertiary/aromatic N) is 1. The molecule has 0 aliphatic rings. The standard InChI is InChI=1S/C26H22BrNO2S3/c1-17-12-14-23(31-17)26(24-15-13-18(2)32-24)25-20-10-6-7-11-21(20)28(22(25)16-27)33(29,30)19-8-4-3-5-9-19/h3-15,26H,16H2,1-2H3. The van der Waals surface area contributed by atoms with Crippen LogP contribution in [-0.4, -0.2) is 12.4 Å². The molecule has 0 unspecified atom stereocenters. The molecule has 0 aliphatic heterocycles. The van der Waals surface area contributed by atoms with Crippen LogP contribution in [0.2, 0.25) is 0 Å². The Morgan fingerprint density at radius 3 is 1.94 bits per heavy atom. The second-order valence-electron chi connectivity index (χ2n) is 7.92. The molecule has 2 aromatic carbocycles. The highest BCUT2D eigenvalue weighted by Crippen LogP contribution is 2.45. The first-order chi connectivity index (χ1) is 15.9. The Kier molecular flexibility index (Phi) is 6.07. The van der Waals surface area contributed by atoms with Crippen molar-refractivity contribution in [2.45, 2.75) is 30.0 Å². The van der Waals surface area contributed by atoms with Crippen molar-refractivity contribution >= 4 is 59.5 Å². The maximum Gasteiger partial charge on any atom is 0.268 e. The lowest BCUT2D eigenvalue weighted by Gasteiger charge is -2.17. The van der Waals surface area contributed by atoms with Gasteiger partial charge in [-0.05, 0) is 61.9 Å². The zero-order valence-electron chi connectivity index (χ0n) is 18.2. The van der Waals surface area contributed by atoms with Crippen molar-refractivity contribution in [2.75, 3.05) is 0 Å². The van der Waals surface area contributed by atoms with E-state index in [1.54, 1.807) is 46.9 Å². The van der Waals surface area contributed by atoms with Crippen LogP contribution in [0.25, 0.3) is 10.9 Å². The number of aromatic nitrogens is 1. The van der Waals surface area contributed by atoms with E-state index in [0.717, 1.165) is 16.6 Å². The van der Waals surface area contributed by atoms with Gasteiger partial charge in [0.15, 0.2) is 0 Å². The molecule has 3 aromatic heterocycles. The summed E-state index contributed by atoms with van der Waals surface area (Å²) in [7, 11) is -3.78. The summed E-state index contributed by atoms with van der Waals surface area (Å²) in [4.78, 5) is 5.21. The van der Waals surface area contributed by atoms with Crippen LogP contribution in [0.1, 0.15) is 36.7 Å². The predicted octanol–water partition coefficient (Wildman–Crippen LogP) is 7.69. The number of halogens is 1. The van der Waals surface area contributed by atoms with E-state index in [2.05, 4.69) is 54.0 Å². The van der Waals surface area contributed by atoms with Gasteiger partial charge in [-0.1, -0.05) is 52.3 Å². The van der Waals surface area contributed by atoms with E-state index in [1.165, 1.54) is 23.5 Å². The number of aryl methyl sites for hydroxylation is 2. The number of hydrogen-bond donors (Lipinski definition) is 0. The number of thiophene rings is 2. The molecule has 0 spiro atoms. The van der Waals surface area contributed by atoms with Crippen LogP contribution < -0.4 is 0 Å². The molecule has 7 heteroatoms. The molecule has 0 radical (unpaired) electrons. The second-order valence-corrected chi connectivity index (χ2v) is 12.9. The zero-order valence-corrected chi connectivity index (χ0v) is 22.2. The van der Waals surface area contributed by atoms with Gasteiger partial charge in [0.2, 0.25) is 0 Å². The molecule has 33 heavy (non-hydrogen) atoms. The first-order valence-corrected chi connectivity index (χ1v) is 14.7. The van der Waals surface area contributed by atoms with Crippen molar-refractivity contribution in [1.82, 2.24) is 3.97 Å². The topological polar surface area (TPSA) is 39.1 Å². The Morgan fingerprint density at radius 1 is 0.818 bits per heavy atom. The van der Waals surface area contributed by atoms with Crippen LogP contribution in [0.3, 0.4) is 0 Å². The van der Waals surface area contributed by atoms with Crippen molar-refractivity contribution in [3.63, 3.8) is 0 Å². The quantitative estimate of drug-likeness (QED) is 0.201. The first kappa shape index (κ1) is 22.6. The molecule has 168 valence electrons. The fraction of sp³-hybridized carbons (Fsp3) is 0.154. The Labute approximate surface area is 210 Å². The molecule has 5 aromatic rings. The first-order valence-electron chi connectivity index (χ1n) is 10.5. The van der Waals surface area contributed by atoms with Crippen LogP contribution in [0.4, 0.5) is 0 Å². The Morgan fingerprint density at radius 2 is 1.39 bits per heavy atom. The normalized spacial score (nSPS) is 12.1. The molecule has 3 heterocycles. The van der Waals surface area contributed by atoms with Gasteiger partial charge in [0.05, 0.1) is 22.0 Å². The second kappa shape index (κ2) is 8.87. The molecule has 0 atom stereocenters. The highest BCUT2D eigenvalue weighted by molar-refractivity contribution is 9.08. The average Bonchev–Trinajstić information content (AvgIpc) is 3.53. The van der Waals surface area contributed by atoms with Crippen molar-refractivity contribution in [3.05, 3.63) is 110 Å². The molecule has 5 rings (SSSR count). The average molecular weight is 557 g/mol. The van der Waals surface area contributed by atoms with Crippen LogP contribution >= 0.6 is 38.6 Å². The van der Waals surface area contributed by atoms with E-state index in [1.807, 2.05) is 30.3 Å². The number of para-hydroxylation sites is 1. The van der Waals surface area contributed by atoms with Gasteiger partial charge in [0.1, 0.15) is 0 Å². The van der Waals surface area contributed by atoms with Gasteiger partial charge in [-0.2, -0.15) is 0 Å². The van der Waals surface area contributed by atoms with Gasteiger partial charge in [0.25, 0.3) is 10.0 Å². The van der Waals surface area contributed by atoms with E-state index >= 15 is 0 Å². The summed E-state index contributed by atoms with van der Waals surface area (Å²) in [5.74, 6) is -0.0351. The molecule has 0 aliphatic carbocycles. The third kappa shape index (κ3) is 3.91. The highest BCUT2D eigenvalue weighted by Gasteiger charge is 2.32. The summed E-state index contributed by atoms with van der Waals surface area (Å²) < 4.78 is 29.3. The summed E-state index contributed by atoms with van der Waals surface area (Å²) in [5.41, 5.74) is 2.52. The van der Waals surface area contributed by atoms with Crippen molar-refractivity contribution in [2.24, 2.45) is 0 Å². The van der Waals surface area contributed by atoms with E-state index in [9.17, 15) is 8.42 Å². The Hall–Kier alpha value is -2.19. The van der Waals surface area contributed by atoms with Gasteiger partial charge in [0, 0.05) is 30.2 Å². The third-order valence-corrected chi connectivity index (χ3v) is 10.2. The molecule has 0 saturated heterocycles.